The predicted octanol–water partition coefficient (Wildman–Crippen LogP) is 7.07. The normalized spacial score (nSPS) is 11.7. The molecule has 33 heavy (non-hydrogen) atoms. The van der Waals surface area contributed by atoms with Crippen LogP contribution in [0.5, 0.6) is 5.75 Å². The molecule has 1 amide bonds. The number of aromatic nitrogens is 1. The largest absolute Gasteiger partial charge is 0.489 e. The molecule has 0 fully saturated rings. The zero-order valence-corrected chi connectivity index (χ0v) is 18.2. The number of hydrogen-bond acceptors (Lipinski definition) is 2. The molecule has 0 spiro atoms. The fourth-order valence-corrected chi connectivity index (χ4v) is 3.64. The van der Waals surface area contributed by atoms with Crippen LogP contribution in [0.1, 0.15) is 41.4 Å². The number of anilines is 1. The maximum Gasteiger partial charge on any atom is 0.416 e. The molecular formula is C26H23F3N2O2. The number of nitrogens with zero attached hydrogens (tertiary/aromatic N) is 1. The van der Waals surface area contributed by atoms with Crippen LogP contribution in [0.4, 0.5) is 18.9 Å². The fourth-order valence-electron chi connectivity index (χ4n) is 3.64. The number of nitrogens with one attached hydrogen (secondary N) is 1. The molecule has 0 aliphatic rings. The van der Waals surface area contributed by atoms with E-state index in [1.165, 1.54) is 12.1 Å². The van der Waals surface area contributed by atoms with Crippen LogP contribution in [0.2, 0.25) is 0 Å². The minimum Gasteiger partial charge on any atom is -0.489 e. The molecule has 0 radical (unpaired) electrons. The Morgan fingerprint density at radius 1 is 1.00 bits per heavy atom. The Morgan fingerprint density at radius 2 is 1.76 bits per heavy atom. The lowest BCUT2D eigenvalue weighted by Gasteiger charge is -2.11. The zero-order chi connectivity index (χ0) is 23.6. The molecule has 4 nitrogen and oxygen atoms in total. The molecule has 0 bridgehead atoms. The molecular weight excluding hydrogens is 429 g/mol. The van der Waals surface area contributed by atoms with Gasteiger partial charge in [0.2, 0.25) is 0 Å². The molecule has 4 rings (SSSR count). The highest BCUT2D eigenvalue weighted by Gasteiger charge is 2.30. The maximum atomic E-state index is 13.0. The van der Waals surface area contributed by atoms with Gasteiger partial charge in [-0.25, -0.2) is 0 Å². The zero-order valence-electron chi connectivity index (χ0n) is 18.2. The molecule has 0 atom stereocenters. The van der Waals surface area contributed by atoms with E-state index >= 15 is 0 Å². The first-order valence-electron chi connectivity index (χ1n) is 10.5. The second-order valence-electron chi connectivity index (χ2n) is 8.03. The highest BCUT2D eigenvalue weighted by molar-refractivity contribution is 6.13. The number of halogens is 3. The number of fused-ring (bicyclic) bond motifs is 1. The van der Waals surface area contributed by atoms with Gasteiger partial charge in [-0.3, -0.25) is 4.79 Å². The summed E-state index contributed by atoms with van der Waals surface area (Å²) in [5, 5.41) is 3.29. The van der Waals surface area contributed by atoms with Gasteiger partial charge in [0.05, 0.1) is 16.6 Å². The molecule has 1 aromatic heterocycles. The quantitative estimate of drug-likeness (QED) is 0.340. The lowest BCUT2D eigenvalue weighted by atomic mass is 10.1. The summed E-state index contributed by atoms with van der Waals surface area (Å²) in [6.07, 6.45) is -2.76. The first-order chi connectivity index (χ1) is 15.7. The smallest absolute Gasteiger partial charge is 0.416 e. The molecule has 0 aliphatic heterocycles. The van der Waals surface area contributed by atoms with E-state index in [9.17, 15) is 18.0 Å². The van der Waals surface area contributed by atoms with Gasteiger partial charge in [0, 0.05) is 29.4 Å². The third-order valence-electron chi connectivity index (χ3n) is 5.30. The number of alkyl halides is 3. The second-order valence-corrected chi connectivity index (χ2v) is 8.03. The Balaban J connectivity index is 1.62. The summed E-state index contributed by atoms with van der Waals surface area (Å²) in [7, 11) is 0. The van der Waals surface area contributed by atoms with Gasteiger partial charge >= 0.3 is 6.18 Å². The van der Waals surface area contributed by atoms with Crippen LogP contribution in [0.3, 0.4) is 0 Å². The van der Waals surface area contributed by atoms with Crippen LogP contribution in [0.15, 0.2) is 79.0 Å². The number of amides is 1. The summed E-state index contributed by atoms with van der Waals surface area (Å²) < 4.78 is 46.9. The van der Waals surface area contributed by atoms with Crippen LogP contribution in [0, 0.1) is 0 Å². The molecule has 7 heteroatoms. The van der Waals surface area contributed by atoms with Crippen molar-refractivity contribution >= 4 is 22.5 Å². The minimum absolute atomic E-state index is 0.0620. The molecule has 4 aromatic rings. The van der Waals surface area contributed by atoms with Crippen molar-refractivity contribution in [3.63, 3.8) is 0 Å². The van der Waals surface area contributed by atoms with Crippen molar-refractivity contribution in [3.05, 3.63) is 95.7 Å². The van der Waals surface area contributed by atoms with Crippen LogP contribution in [0.25, 0.3) is 10.9 Å². The van der Waals surface area contributed by atoms with E-state index in [1.54, 1.807) is 18.3 Å². The average Bonchev–Trinajstić information content (AvgIpc) is 3.17. The van der Waals surface area contributed by atoms with E-state index < -0.39 is 17.6 Å². The summed E-state index contributed by atoms with van der Waals surface area (Å²) in [5.74, 6) is 0.188. The number of hydrogen-bond donors (Lipinski definition) is 1. The molecule has 0 saturated carbocycles. The summed E-state index contributed by atoms with van der Waals surface area (Å²) in [4.78, 5) is 13.0. The van der Waals surface area contributed by atoms with Crippen LogP contribution in [-0.4, -0.2) is 10.5 Å². The van der Waals surface area contributed by atoms with Crippen LogP contribution >= 0.6 is 0 Å². The van der Waals surface area contributed by atoms with Gasteiger partial charge in [-0.1, -0.05) is 36.4 Å². The highest BCUT2D eigenvalue weighted by atomic mass is 19.4. The van der Waals surface area contributed by atoms with E-state index in [2.05, 4.69) is 5.32 Å². The van der Waals surface area contributed by atoms with Crippen molar-refractivity contribution in [3.8, 4) is 5.75 Å². The summed E-state index contributed by atoms with van der Waals surface area (Å²) in [5.41, 5.74) is 1.50. The van der Waals surface area contributed by atoms with E-state index in [1.807, 2.05) is 54.8 Å². The van der Waals surface area contributed by atoms with Crippen molar-refractivity contribution in [1.82, 2.24) is 4.57 Å². The Hall–Kier alpha value is -3.74. The Labute approximate surface area is 189 Å². The van der Waals surface area contributed by atoms with Crippen molar-refractivity contribution in [2.75, 3.05) is 5.32 Å². The number of carbonyl (C=O) groups excluding carboxylic acids is 1. The summed E-state index contributed by atoms with van der Waals surface area (Å²) in [6, 6.07) is 19.9. The van der Waals surface area contributed by atoms with Crippen LogP contribution in [-0.2, 0) is 12.8 Å². The average molecular weight is 452 g/mol. The van der Waals surface area contributed by atoms with Crippen molar-refractivity contribution in [2.45, 2.75) is 32.7 Å². The van der Waals surface area contributed by atoms with Gasteiger partial charge in [-0.2, -0.15) is 13.2 Å². The maximum absolute atomic E-state index is 13.0. The number of rotatable bonds is 6. The number of ether oxygens (including phenoxy) is 1. The molecule has 3 aromatic carbocycles. The third-order valence-corrected chi connectivity index (χ3v) is 5.30. The number of carbonyl (C=O) groups is 1. The van der Waals surface area contributed by atoms with Crippen molar-refractivity contribution in [1.29, 1.82) is 0 Å². The molecule has 0 aliphatic carbocycles. The van der Waals surface area contributed by atoms with Gasteiger partial charge in [0.1, 0.15) is 12.4 Å². The molecule has 0 saturated heterocycles. The Morgan fingerprint density at radius 3 is 2.45 bits per heavy atom. The molecule has 170 valence electrons. The van der Waals surface area contributed by atoms with Gasteiger partial charge in [-0.05, 0) is 49.7 Å². The fraction of sp³-hybridized carbons (Fsp3) is 0.192. The van der Waals surface area contributed by atoms with E-state index in [-0.39, 0.29) is 11.7 Å². The van der Waals surface area contributed by atoms with Gasteiger partial charge in [0.25, 0.3) is 5.91 Å². The first kappa shape index (κ1) is 22.5. The first-order valence-corrected chi connectivity index (χ1v) is 10.5. The molecule has 1 heterocycles. The predicted molar refractivity (Wildman–Crippen MR) is 122 cm³/mol. The Bertz CT molecular complexity index is 1280. The highest BCUT2D eigenvalue weighted by Crippen LogP contribution is 2.32. The third kappa shape index (κ3) is 5.03. The lowest BCUT2D eigenvalue weighted by molar-refractivity contribution is -0.137. The van der Waals surface area contributed by atoms with Crippen molar-refractivity contribution < 1.29 is 22.7 Å². The summed E-state index contributed by atoms with van der Waals surface area (Å²) in [6.45, 7) is 4.40. The lowest BCUT2D eigenvalue weighted by Crippen LogP contribution is -2.13. The molecule has 1 N–H and O–H groups in total. The topological polar surface area (TPSA) is 43.3 Å². The summed E-state index contributed by atoms with van der Waals surface area (Å²) >= 11 is 0. The van der Waals surface area contributed by atoms with E-state index in [4.69, 9.17) is 4.74 Å². The SMILES string of the molecule is CC(C)n1cc(C(=O)Nc2cccc(C(F)(F)F)c2)c2ccc(OCc3ccccc3)cc21. The Kier molecular flexibility index (Phi) is 6.14. The van der Waals surface area contributed by atoms with Gasteiger partial charge in [0.15, 0.2) is 0 Å². The minimum atomic E-state index is -4.48. The standard InChI is InChI=1S/C26H23F3N2O2/c1-17(2)31-15-23(25(32)30-20-10-6-9-19(13-20)26(27,28)29)22-12-11-21(14-24(22)31)33-16-18-7-4-3-5-8-18/h3-15,17H,16H2,1-2H3,(H,30,32). The molecule has 0 unspecified atom stereocenters. The van der Waals surface area contributed by atoms with Crippen molar-refractivity contribution in [2.24, 2.45) is 0 Å². The number of benzene rings is 3. The monoisotopic (exact) mass is 452 g/mol. The van der Waals surface area contributed by atoms with Crippen LogP contribution < -0.4 is 10.1 Å². The van der Waals surface area contributed by atoms with Gasteiger partial charge < -0.3 is 14.6 Å². The van der Waals surface area contributed by atoms with E-state index in [0.717, 1.165) is 23.2 Å². The second kappa shape index (κ2) is 9.02. The van der Waals surface area contributed by atoms with E-state index in [0.29, 0.717) is 23.3 Å². The van der Waals surface area contributed by atoms with Gasteiger partial charge in [-0.15, -0.1) is 0 Å².